The van der Waals surface area contributed by atoms with Crippen molar-refractivity contribution in [1.29, 1.82) is 0 Å². The SMILES string of the molecule is CNC(=O)c1ccc2ccc(=O)oc2c1. The Morgan fingerprint density at radius 1 is 1.27 bits per heavy atom. The minimum Gasteiger partial charge on any atom is -0.423 e. The van der Waals surface area contributed by atoms with Crippen molar-refractivity contribution in [2.45, 2.75) is 0 Å². The molecule has 1 N–H and O–H groups in total. The number of fused-ring (bicyclic) bond motifs is 1. The highest BCUT2D eigenvalue weighted by atomic mass is 16.4. The molecule has 0 unspecified atom stereocenters. The highest BCUT2D eigenvalue weighted by molar-refractivity contribution is 5.97. The average molecular weight is 203 g/mol. The van der Waals surface area contributed by atoms with E-state index in [0.29, 0.717) is 11.1 Å². The van der Waals surface area contributed by atoms with Crippen LogP contribution < -0.4 is 10.9 Å². The fourth-order valence-corrected chi connectivity index (χ4v) is 1.35. The van der Waals surface area contributed by atoms with Gasteiger partial charge in [-0.2, -0.15) is 0 Å². The van der Waals surface area contributed by atoms with Crippen LogP contribution in [0.4, 0.5) is 0 Å². The number of hydrogen-bond acceptors (Lipinski definition) is 3. The third-order valence-corrected chi connectivity index (χ3v) is 2.11. The van der Waals surface area contributed by atoms with Crippen LogP contribution in [0.5, 0.6) is 0 Å². The van der Waals surface area contributed by atoms with Crippen LogP contribution in [-0.2, 0) is 0 Å². The zero-order valence-electron chi connectivity index (χ0n) is 8.11. The van der Waals surface area contributed by atoms with E-state index in [1.54, 1.807) is 31.3 Å². The van der Waals surface area contributed by atoms with E-state index >= 15 is 0 Å². The molecule has 2 rings (SSSR count). The fraction of sp³-hybridized carbons (Fsp3) is 0.0909. The molecule has 1 aromatic carbocycles. The lowest BCUT2D eigenvalue weighted by Crippen LogP contribution is -2.17. The molecule has 2 aromatic rings. The van der Waals surface area contributed by atoms with Crippen LogP contribution in [0.25, 0.3) is 11.0 Å². The predicted molar refractivity (Wildman–Crippen MR) is 55.9 cm³/mol. The molecule has 0 aliphatic heterocycles. The van der Waals surface area contributed by atoms with Crippen LogP contribution in [0.15, 0.2) is 39.5 Å². The number of rotatable bonds is 1. The lowest BCUT2D eigenvalue weighted by molar-refractivity contribution is 0.0963. The van der Waals surface area contributed by atoms with Crippen LogP contribution in [0.3, 0.4) is 0 Å². The first-order valence-electron chi connectivity index (χ1n) is 4.47. The van der Waals surface area contributed by atoms with Crippen LogP contribution >= 0.6 is 0 Å². The van der Waals surface area contributed by atoms with E-state index in [0.717, 1.165) is 5.39 Å². The summed E-state index contributed by atoms with van der Waals surface area (Å²) in [6.45, 7) is 0. The zero-order valence-corrected chi connectivity index (χ0v) is 8.11. The summed E-state index contributed by atoms with van der Waals surface area (Å²) in [6, 6.07) is 7.98. The van der Waals surface area contributed by atoms with Crippen molar-refractivity contribution in [3.05, 3.63) is 46.3 Å². The van der Waals surface area contributed by atoms with Crippen molar-refractivity contribution in [2.24, 2.45) is 0 Å². The number of carbonyl (C=O) groups excluding carboxylic acids is 1. The number of hydrogen-bond donors (Lipinski definition) is 1. The first-order valence-corrected chi connectivity index (χ1v) is 4.47. The van der Waals surface area contributed by atoms with Gasteiger partial charge in [-0.25, -0.2) is 4.79 Å². The molecule has 4 nitrogen and oxygen atoms in total. The summed E-state index contributed by atoms with van der Waals surface area (Å²) in [4.78, 5) is 22.3. The Balaban J connectivity index is 2.64. The van der Waals surface area contributed by atoms with E-state index < -0.39 is 5.63 Å². The molecule has 0 atom stereocenters. The van der Waals surface area contributed by atoms with E-state index in [1.165, 1.54) is 6.07 Å². The molecule has 0 aliphatic rings. The number of carbonyl (C=O) groups is 1. The van der Waals surface area contributed by atoms with Gasteiger partial charge in [0, 0.05) is 24.1 Å². The van der Waals surface area contributed by atoms with Gasteiger partial charge in [-0.1, -0.05) is 6.07 Å². The van der Waals surface area contributed by atoms with E-state index in [-0.39, 0.29) is 5.91 Å². The molecule has 1 aromatic heterocycles. The molecule has 1 amide bonds. The molecule has 0 saturated heterocycles. The third kappa shape index (κ3) is 1.74. The van der Waals surface area contributed by atoms with Gasteiger partial charge >= 0.3 is 5.63 Å². The molecular formula is C11H9NO3. The van der Waals surface area contributed by atoms with Crippen molar-refractivity contribution >= 4 is 16.9 Å². The number of nitrogens with one attached hydrogen (secondary N) is 1. The second-order valence-corrected chi connectivity index (χ2v) is 3.09. The summed E-state index contributed by atoms with van der Waals surface area (Å²) in [6.07, 6.45) is 0. The van der Waals surface area contributed by atoms with Gasteiger partial charge in [0.15, 0.2) is 0 Å². The number of amides is 1. The normalized spacial score (nSPS) is 10.2. The van der Waals surface area contributed by atoms with Crippen LogP contribution in [0.2, 0.25) is 0 Å². The van der Waals surface area contributed by atoms with Crippen molar-refractivity contribution in [3.8, 4) is 0 Å². The summed E-state index contributed by atoms with van der Waals surface area (Å²) in [5, 5.41) is 3.30. The second-order valence-electron chi connectivity index (χ2n) is 3.09. The van der Waals surface area contributed by atoms with Gasteiger partial charge in [0.05, 0.1) is 0 Å². The Hall–Kier alpha value is -2.10. The molecule has 0 saturated carbocycles. The van der Waals surface area contributed by atoms with Crippen molar-refractivity contribution in [1.82, 2.24) is 5.32 Å². The lowest BCUT2D eigenvalue weighted by Gasteiger charge is -2.00. The molecule has 0 bridgehead atoms. The zero-order chi connectivity index (χ0) is 10.8. The lowest BCUT2D eigenvalue weighted by atomic mass is 10.1. The molecular weight excluding hydrogens is 194 g/mol. The highest BCUT2D eigenvalue weighted by Gasteiger charge is 2.04. The summed E-state index contributed by atoms with van der Waals surface area (Å²) in [7, 11) is 1.55. The predicted octanol–water partition coefficient (Wildman–Crippen LogP) is 1.15. The Labute approximate surface area is 85.5 Å². The summed E-state index contributed by atoms with van der Waals surface area (Å²) < 4.78 is 4.96. The Morgan fingerprint density at radius 2 is 2.00 bits per heavy atom. The summed E-state index contributed by atoms with van der Waals surface area (Å²) in [5.41, 5.74) is 0.472. The van der Waals surface area contributed by atoms with Gasteiger partial charge in [0.1, 0.15) is 5.58 Å². The van der Waals surface area contributed by atoms with E-state index in [1.807, 2.05) is 0 Å². The van der Waals surface area contributed by atoms with Crippen LogP contribution in [-0.4, -0.2) is 13.0 Å². The van der Waals surface area contributed by atoms with Crippen LogP contribution in [0, 0.1) is 0 Å². The fourth-order valence-electron chi connectivity index (χ4n) is 1.35. The molecule has 0 spiro atoms. The Bertz CT molecular complexity index is 571. The van der Waals surface area contributed by atoms with Crippen LogP contribution in [0.1, 0.15) is 10.4 Å². The van der Waals surface area contributed by atoms with E-state index in [2.05, 4.69) is 5.32 Å². The van der Waals surface area contributed by atoms with Gasteiger partial charge in [0.2, 0.25) is 0 Å². The smallest absolute Gasteiger partial charge is 0.336 e. The molecule has 0 fully saturated rings. The number of benzene rings is 1. The van der Waals surface area contributed by atoms with Gasteiger partial charge in [-0.3, -0.25) is 4.79 Å². The van der Waals surface area contributed by atoms with Gasteiger partial charge < -0.3 is 9.73 Å². The highest BCUT2D eigenvalue weighted by Crippen LogP contribution is 2.13. The first kappa shape index (κ1) is 9.45. The molecule has 1 heterocycles. The average Bonchev–Trinajstić information content (AvgIpc) is 2.27. The maximum Gasteiger partial charge on any atom is 0.336 e. The largest absolute Gasteiger partial charge is 0.423 e. The van der Waals surface area contributed by atoms with Crippen molar-refractivity contribution in [2.75, 3.05) is 7.05 Å². The summed E-state index contributed by atoms with van der Waals surface area (Å²) in [5.74, 6) is -0.205. The Morgan fingerprint density at radius 3 is 2.73 bits per heavy atom. The summed E-state index contributed by atoms with van der Waals surface area (Å²) >= 11 is 0. The van der Waals surface area contributed by atoms with Gasteiger partial charge in [-0.05, 0) is 18.2 Å². The maximum absolute atomic E-state index is 11.3. The molecule has 0 aliphatic carbocycles. The van der Waals surface area contributed by atoms with E-state index in [4.69, 9.17) is 4.42 Å². The molecule has 76 valence electrons. The first-order chi connectivity index (χ1) is 7.20. The third-order valence-electron chi connectivity index (χ3n) is 2.11. The standard InChI is InChI=1S/C11H9NO3/c1-12-11(14)8-3-2-7-4-5-10(13)15-9(7)6-8/h2-6H,1H3,(H,12,14). The van der Waals surface area contributed by atoms with Crippen molar-refractivity contribution in [3.63, 3.8) is 0 Å². The van der Waals surface area contributed by atoms with Gasteiger partial charge in [-0.15, -0.1) is 0 Å². The molecule has 4 heteroatoms. The Kier molecular flexibility index (Phi) is 2.25. The van der Waals surface area contributed by atoms with Crippen molar-refractivity contribution < 1.29 is 9.21 Å². The maximum atomic E-state index is 11.3. The molecule has 15 heavy (non-hydrogen) atoms. The van der Waals surface area contributed by atoms with E-state index in [9.17, 15) is 9.59 Å². The second kappa shape index (κ2) is 3.57. The molecule has 0 radical (unpaired) electrons. The minimum absolute atomic E-state index is 0.205. The van der Waals surface area contributed by atoms with Gasteiger partial charge in [0.25, 0.3) is 5.91 Å². The topological polar surface area (TPSA) is 59.3 Å². The monoisotopic (exact) mass is 203 g/mol. The minimum atomic E-state index is -0.420. The quantitative estimate of drug-likeness (QED) is 0.707.